The molecule has 0 saturated carbocycles. The molecule has 0 aromatic carbocycles. The Labute approximate surface area is 60.4 Å². The monoisotopic (exact) mass is 129 g/mol. The number of hydrogen-bond donors (Lipinski definition) is 0. The van der Waals surface area contributed by atoms with Crippen molar-refractivity contribution in [3.63, 3.8) is 0 Å². The molecule has 48 valence electrons. The first kappa shape index (κ1) is 6.57. The molecule has 0 amide bonds. The second-order valence-corrected chi connectivity index (χ2v) is 1.81. The van der Waals surface area contributed by atoms with Crippen molar-refractivity contribution in [1.29, 1.82) is 0 Å². The van der Waals surface area contributed by atoms with Gasteiger partial charge in [0.15, 0.2) is 0 Å². The molecule has 1 heterocycles. The van der Waals surface area contributed by atoms with E-state index in [0.717, 1.165) is 11.1 Å². The summed E-state index contributed by atoms with van der Waals surface area (Å²) in [5.41, 5.74) is 1.75. The minimum absolute atomic E-state index is 0.789. The molecule has 0 aliphatic rings. The molecule has 0 atom stereocenters. The average molecular weight is 129 g/mol. The molecule has 0 aliphatic heterocycles. The fourth-order valence-corrected chi connectivity index (χ4v) is 0.704. The van der Waals surface area contributed by atoms with Crippen LogP contribution in [0.15, 0.2) is 25.0 Å². The highest BCUT2D eigenvalue weighted by Gasteiger charge is 1.91. The van der Waals surface area contributed by atoms with E-state index in [0.29, 0.717) is 0 Å². The fraction of sp³-hybridized carbons (Fsp3) is 0. The summed E-state index contributed by atoms with van der Waals surface area (Å²) >= 11 is 0. The highest BCUT2D eigenvalue weighted by Crippen LogP contribution is 2.05. The second kappa shape index (κ2) is 2.84. The maximum Gasteiger partial charge on any atom is 0.0498 e. The van der Waals surface area contributed by atoms with E-state index in [1.165, 1.54) is 0 Å². The van der Waals surface area contributed by atoms with Crippen molar-refractivity contribution < 1.29 is 0 Å². The molecule has 1 rings (SSSR count). The maximum absolute atomic E-state index is 5.19. The summed E-state index contributed by atoms with van der Waals surface area (Å²) in [6.07, 6.45) is 10.2. The molecule has 0 aliphatic carbocycles. The van der Waals surface area contributed by atoms with E-state index in [1.54, 1.807) is 18.5 Å². The van der Waals surface area contributed by atoms with Crippen molar-refractivity contribution in [3.8, 4) is 12.3 Å². The Balaban J connectivity index is 3.24. The largest absolute Gasteiger partial charge is 0.263 e. The van der Waals surface area contributed by atoms with Crippen LogP contribution in [0.4, 0.5) is 0 Å². The third-order valence-electron chi connectivity index (χ3n) is 1.23. The molecule has 0 bridgehead atoms. The molecule has 0 saturated heterocycles. The molecule has 1 heteroatoms. The van der Waals surface area contributed by atoms with Crippen molar-refractivity contribution in [2.45, 2.75) is 0 Å². The van der Waals surface area contributed by atoms with Gasteiger partial charge in [0.25, 0.3) is 0 Å². The third-order valence-corrected chi connectivity index (χ3v) is 1.23. The zero-order valence-electron chi connectivity index (χ0n) is 5.54. The molecule has 0 N–H and O–H groups in total. The van der Waals surface area contributed by atoms with Crippen LogP contribution in [0.1, 0.15) is 11.1 Å². The summed E-state index contributed by atoms with van der Waals surface area (Å²) in [6, 6.07) is 1.84. The van der Waals surface area contributed by atoms with Crippen LogP contribution in [0.5, 0.6) is 0 Å². The van der Waals surface area contributed by atoms with Gasteiger partial charge in [-0.25, -0.2) is 0 Å². The van der Waals surface area contributed by atoms with Crippen LogP contribution in [-0.4, -0.2) is 4.98 Å². The molecule has 0 fully saturated rings. The molecule has 0 spiro atoms. The Bertz CT molecular complexity index is 281. The number of terminal acetylenes is 1. The first-order valence-corrected chi connectivity index (χ1v) is 2.91. The minimum Gasteiger partial charge on any atom is -0.263 e. The van der Waals surface area contributed by atoms with Gasteiger partial charge in [0.1, 0.15) is 0 Å². The lowest BCUT2D eigenvalue weighted by Gasteiger charge is -1.93. The van der Waals surface area contributed by atoms with Crippen molar-refractivity contribution in [1.82, 2.24) is 4.98 Å². The summed E-state index contributed by atoms with van der Waals surface area (Å²) in [4.78, 5) is 3.87. The van der Waals surface area contributed by atoms with Gasteiger partial charge in [-0.3, -0.25) is 4.98 Å². The van der Waals surface area contributed by atoms with Gasteiger partial charge >= 0.3 is 0 Å². The zero-order valence-corrected chi connectivity index (χ0v) is 5.54. The van der Waals surface area contributed by atoms with Gasteiger partial charge < -0.3 is 0 Å². The van der Waals surface area contributed by atoms with Gasteiger partial charge in [-0.2, -0.15) is 0 Å². The lowest BCUT2D eigenvalue weighted by atomic mass is 10.1. The fourth-order valence-electron chi connectivity index (χ4n) is 0.704. The SMILES string of the molecule is C#Cc1cnccc1C=C. The van der Waals surface area contributed by atoms with Crippen LogP contribution >= 0.6 is 0 Å². The normalized spacial score (nSPS) is 8.30. The maximum atomic E-state index is 5.19. The summed E-state index contributed by atoms with van der Waals surface area (Å²) < 4.78 is 0. The van der Waals surface area contributed by atoms with Gasteiger partial charge in [-0.15, -0.1) is 6.42 Å². The summed E-state index contributed by atoms with van der Waals surface area (Å²) in [5.74, 6) is 2.51. The Hall–Kier alpha value is -1.55. The quantitative estimate of drug-likeness (QED) is 0.526. The molecular formula is C9H7N. The Morgan fingerprint density at radius 3 is 3.00 bits per heavy atom. The highest BCUT2D eigenvalue weighted by molar-refractivity contribution is 5.55. The predicted octanol–water partition coefficient (Wildman–Crippen LogP) is 1.71. The summed E-state index contributed by atoms with van der Waals surface area (Å²) in [7, 11) is 0. The first-order valence-electron chi connectivity index (χ1n) is 2.91. The summed E-state index contributed by atoms with van der Waals surface area (Å²) in [5, 5.41) is 0. The van der Waals surface area contributed by atoms with Crippen LogP contribution in [0, 0.1) is 12.3 Å². The van der Waals surface area contributed by atoms with Crippen molar-refractivity contribution in [3.05, 3.63) is 36.2 Å². The van der Waals surface area contributed by atoms with Crippen LogP contribution in [0.3, 0.4) is 0 Å². The lowest BCUT2D eigenvalue weighted by Crippen LogP contribution is -1.81. The first-order chi connectivity index (χ1) is 4.88. The van der Waals surface area contributed by atoms with Gasteiger partial charge in [0, 0.05) is 18.0 Å². The highest BCUT2D eigenvalue weighted by atomic mass is 14.6. The molecule has 1 aromatic heterocycles. The second-order valence-electron chi connectivity index (χ2n) is 1.81. The van der Waals surface area contributed by atoms with E-state index in [1.807, 2.05) is 6.07 Å². The van der Waals surface area contributed by atoms with E-state index in [2.05, 4.69) is 17.5 Å². The van der Waals surface area contributed by atoms with Gasteiger partial charge in [0.05, 0.1) is 0 Å². The lowest BCUT2D eigenvalue weighted by molar-refractivity contribution is 1.31. The number of rotatable bonds is 1. The van der Waals surface area contributed by atoms with Gasteiger partial charge in [-0.05, 0) is 11.6 Å². The Morgan fingerprint density at radius 2 is 2.50 bits per heavy atom. The summed E-state index contributed by atoms with van der Waals surface area (Å²) in [6.45, 7) is 3.62. The van der Waals surface area contributed by atoms with Crippen LogP contribution in [-0.2, 0) is 0 Å². The van der Waals surface area contributed by atoms with E-state index in [-0.39, 0.29) is 0 Å². The van der Waals surface area contributed by atoms with E-state index >= 15 is 0 Å². The predicted molar refractivity (Wildman–Crippen MR) is 42.3 cm³/mol. The standard InChI is InChI=1S/C9H7N/c1-3-8-5-6-10-7-9(8)4-2/h2-3,5-7H,1H2. The zero-order chi connectivity index (χ0) is 7.40. The Kier molecular flexibility index (Phi) is 1.86. The molecule has 0 radical (unpaired) electrons. The molecule has 10 heavy (non-hydrogen) atoms. The Morgan fingerprint density at radius 1 is 1.70 bits per heavy atom. The third kappa shape index (κ3) is 1.06. The van der Waals surface area contributed by atoms with Crippen LogP contribution < -0.4 is 0 Å². The van der Waals surface area contributed by atoms with Crippen LogP contribution in [0.2, 0.25) is 0 Å². The van der Waals surface area contributed by atoms with E-state index in [4.69, 9.17) is 6.42 Å². The van der Waals surface area contributed by atoms with Gasteiger partial charge in [-0.1, -0.05) is 18.6 Å². The molecule has 1 aromatic rings. The molecule has 0 unspecified atom stereocenters. The number of nitrogens with zero attached hydrogens (tertiary/aromatic N) is 1. The van der Waals surface area contributed by atoms with Crippen LogP contribution in [0.25, 0.3) is 6.08 Å². The minimum atomic E-state index is 0.789. The van der Waals surface area contributed by atoms with E-state index in [9.17, 15) is 0 Å². The van der Waals surface area contributed by atoms with Gasteiger partial charge in [0.2, 0.25) is 0 Å². The molecular weight excluding hydrogens is 122 g/mol. The van der Waals surface area contributed by atoms with Crippen molar-refractivity contribution >= 4 is 6.08 Å². The van der Waals surface area contributed by atoms with E-state index < -0.39 is 0 Å². The average Bonchev–Trinajstić information content (AvgIpc) is 2.04. The number of hydrogen-bond acceptors (Lipinski definition) is 1. The molecule has 1 nitrogen and oxygen atoms in total. The topological polar surface area (TPSA) is 12.9 Å². The number of pyridine rings is 1. The van der Waals surface area contributed by atoms with Crippen molar-refractivity contribution in [2.24, 2.45) is 0 Å². The number of aromatic nitrogens is 1. The smallest absolute Gasteiger partial charge is 0.0498 e. The van der Waals surface area contributed by atoms with Crippen molar-refractivity contribution in [2.75, 3.05) is 0 Å².